The van der Waals surface area contributed by atoms with Gasteiger partial charge in [0.25, 0.3) is 5.91 Å². The number of hydrogen-bond donors (Lipinski definition) is 0. The highest BCUT2D eigenvalue weighted by Crippen LogP contribution is 2.37. The minimum atomic E-state index is -5.04. The molecular formula is C22H16BrF6N3O3S. The maximum absolute atomic E-state index is 13.2. The zero-order valence-corrected chi connectivity index (χ0v) is 20.8. The van der Waals surface area contributed by atoms with Gasteiger partial charge in [0, 0.05) is 36.1 Å². The van der Waals surface area contributed by atoms with Crippen LogP contribution in [-0.4, -0.2) is 42.5 Å². The summed E-state index contributed by atoms with van der Waals surface area (Å²) in [5.41, 5.74) is -3.41. The van der Waals surface area contributed by atoms with Crippen molar-refractivity contribution in [2.75, 3.05) is 13.3 Å². The zero-order chi connectivity index (χ0) is 27.1. The average molecular weight is 596 g/mol. The number of alkyl halides is 6. The van der Waals surface area contributed by atoms with Gasteiger partial charge in [-0.05, 0) is 29.8 Å². The Morgan fingerprint density at radius 2 is 1.56 bits per heavy atom. The molecule has 0 atom stereocenters. The second kappa shape index (κ2) is 9.81. The number of benzene rings is 2. The molecule has 2 aromatic carbocycles. The van der Waals surface area contributed by atoms with Crippen molar-refractivity contribution in [2.45, 2.75) is 24.1 Å². The van der Waals surface area contributed by atoms with Crippen LogP contribution in [-0.2, 0) is 28.7 Å². The van der Waals surface area contributed by atoms with Crippen molar-refractivity contribution < 1.29 is 39.6 Å². The SMILES string of the molecule is CN(Cc1cc(C(F)(F)F)cc(C(F)(F)F)c1)C(=O)c1cnc(S(C)(=O)=O)nc1-c1ccccc1Br. The number of sulfone groups is 1. The van der Waals surface area contributed by atoms with Gasteiger partial charge < -0.3 is 4.90 Å². The summed E-state index contributed by atoms with van der Waals surface area (Å²) in [6.45, 7) is -0.616. The number of nitrogens with zero attached hydrogens (tertiary/aromatic N) is 3. The smallest absolute Gasteiger partial charge is 0.337 e. The van der Waals surface area contributed by atoms with Crippen molar-refractivity contribution in [1.29, 1.82) is 0 Å². The van der Waals surface area contributed by atoms with Crippen LogP contribution >= 0.6 is 15.9 Å². The van der Waals surface area contributed by atoms with Gasteiger partial charge in [-0.15, -0.1) is 0 Å². The Bertz CT molecular complexity index is 1390. The van der Waals surface area contributed by atoms with Gasteiger partial charge in [0.2, 0.25) is 15.0 Å². The second-order valence-corrected chi connectivity index (χ2v) is 10.5. The van der Waals surface area contributed by atoms with E-state index in [0.29, 0.717) is 22.2 Å². The summed E-state index contributed by atoms with van der Waals surface area (Å²) in [7, 11) is -2.70. The molecule has 36 heavy (non-hydrogen) atoms. The van der Waals surface area contributed by atoms with Crippen molar-refractivity contribution in [2.24, 2.45) is 0 Å². The molecule has 0 saturated carbocycles. The van der Waals surface area contributed by atoms with Crippen LogP contribution in [0.15, 0.2) is 58.3 Å². The number of carbonyl (C=O) groups is 1. The van der Waals surface area contributed by atoms with Gasteiger partial charge in [0.1, 0.15) is 0 Å². The minimum Gasteiger partial charge on any atom is -0.337 e. The molecule has 0 aliphatic rings. The Morgan fingerprint density at radius 1 is 1.00 bits per heavy atom. The molecule has 1 aromatic heterocycles. The molecular weight excluding hydrogens is 580 g/mol. The summed E-state index contributed by atoms with van der Waals surface area (Å²) in [4.78, 5) is 21.8. The summed E-state index contributed by atoms with van der Waals surface area (Å²) < 4.78 is 104. The molecule has 3 rings (SSSR count). The molecule has 0 saturated heterocycles. The normalized spacial score (nSPS) is 12.5. The number of amides is 1. The van der Waals surface area contributed by atoms with Crippen molar-refractivity contribution in [3.05, 3.63) is 75.4 Å². The standard InChI is InChI=1S/C22H16BrF6N3O3S/c1-32(11-12-7-13(21(24,25)26)9-14(8-12)22(27,28)29)19(33)16-10-30-20(36(2,34)35)31-18(16)15-5-3-4-6-17(15)23/h3-10H,11H2,1-2H3. The molecule has 3 aromatic rings. The topological polar surface area (TPSA) is 80.2 Å². The lowest BCUT2D eigenvalue weighted by Gasteiger charge is -2.21. The first kappa shape index (κ1) is 27.6. The fourth-order valence-corrected chi connectivity index (χ4v) is 4.20. The molecule has 1 amide bonds. The Labute approximate surface area is 210 Å². The molecule has 0 aliphatic heterocycles. The monoisotopic (exact) mass is 595 g/mol. The van der Waals surface area contributed by atoms with E-state index in [2.05, 4.69) is 25.9 Å². The van der Waals surface area contributed by atoms with E-state index >= 15 is 0 Å². The lowest BCUT2D eigenvalue weighted by Crippen LogP contribution is -2.28. The first-order valence-electron chi connectivity index (χ1n) is 9.84. The molecule has 0 spiro atoms. The second-order valence-electron chi connectivity index (χ2n) is 7.74. The van der Waals surface area contributed by atoms with E-state index in [9.17, 15) is 39.6 Å². The van der Waals surface area contributed by atoms with Gasteiger partial charge in [0.15, 0.2) is 0 Å². The Kier molecular flexibility index (Phi) is 7.51. The maximum atomic E-state index is 13.2. The van der Waals surface area contributed by atoms with E-state index < -0.39 is 56.5 Å². The van der Waals surface area contributed by atoms with Gasteiger partial charge in [-0.1, -0.05) is 34.1 Å². The highest BCUT2D eigenvalue weighted by atomic mass is 79.9. The Hall–Kier alpha value is -3.00. The van der Waals surface area contributed by atoms with Crippen molar-refractivity contribution >= 4 is 31.7 Å². The first-order valence-corrected chi connectivity index (χ1v) is 12.5. The average Bonchev–Trinajstić information content (AvgIpc) is 2.76. The van der Waals surface area contributed by atoms with Crippen LogP contribution in [0.1, 0.15) is 27.0 Å². The number of hydrogen-bond acceptors (Lipinski definition) is 5. The molecule has 0 bridgehead atoms. The number of aromatic nitrogens is 2. The van der Waals surface area contributed by atoms with E-state index in [1.54, 1.807) is 18.2 Å². The summed E-state index contributed by atoms with van der Waals surface area (Å²) in [6, 6.07) is 7.45. The Balaban J connectivity index is 2.07. The highest BCUT2D eigenvalue weighted by molar-refractivity contribution is 9.10. The largest absolute Gasteiger partial charge is 0.416 e. The Morgan fingerprint density at radius 3 is 2.06 bits per heavy atom. The molecule has 192 valence electrons. The van der Waals surface area contributed by atoms with Crippen LogP contribution in [0.3, 0.4) is 0 Å². The quantitative estimate of drug-likeness (QED) is 0.282. The lowest BCUT2D eigenvalue weighted by molar-refractivity contribution is -0.143. The van der Waals surface area contributed by atoms with E-state index in [4.69, 9.17) is 0 Å². The third-order valence-corrected chi connectivity index (χ3v) is 6.42. The molecule has 1 heterocycles. The molecule has 0 aliphatic carbocycles. The number of rotatable bonds is 5. The molecule has 14 heteroatoms. The van der Waals surface area contributed by atoms with Gasteiger partial charge in [-0.2, -0.15) is 26.3 Å². The summed E-state index contributed by atoms with van der Waals surface area (Å²) in [5.74, 6) is -0.855. The van der Waals surface area contributed by atoms with E-state index in [1.807, 2.05) is 0 Å². The van der Waals surface area contributed by atoms with Crippen LogP contribution in [0.25, 0.3) is 11.3 Å². The predicted octanol–water partition coefficient (Wildman–Crippen LogP) is 5.62. The lowest BCUT2D eigenvalue weighted by atomic mass is 10.0. The van der Waals surface area contributed by atoms with Crippen LogP contribution in [0.4, 0.5) is 26.3 Å². The molecule has 0 N–H and O–H groups in total. The van der Waals surface area contributed by atoms with Crippen LogP contribution in [0, 0.1) is 0 Å². The van der Waals surface area contributed by atoms with Gasteiger partial charge in [0.05, 0.1) is 22.4 Å². The fraction of sp³-hybridized carbons (Fsp3) is 0.227. The van der Waals surface area contributed by atoms with Crippen LogP contribution in [0.2, 0.25) is 0 Å². The molecule has 0 radical (unpaired) electrons. The predicted molar refractivity (Wildman–Crippen MR) is 121 cm³/mol. The van der Waals surface area contributed by atoms with E-state index in [-0.39, 0.29) is 17.3 Å². The van der Waals surface area contributed by atoms with Crippen molar-refractivity contribution in [3.63, 3.8) is 0 Å². The third kappa shape index (κ3) is 6.22. The highest BCUT2D eigenvalue weighted by Gasteiger charge is 2.37. The van der Waals surface area contributed by atoms with Gasteiger partial charge in [-0.25, -0.2) is 18.4 Å². The van der Waals surface area contributed by atoms with E-state index in [1.165, 1.54) is 13.1 Å². The van der Waals surface area contributed by atoms with Gasteiger partial charge in [-0.3, -0.25) is 4.79 Å². The summed E-state index contributed by atoms with van der Waals surface area (Å²) in [5, 5.41) is -0.569. The van der Waals surface area contributed by atoms with Crippen LogP contribution < -0.4 is 0 Å². The zero-order valence-electron chi connectivity index (χ0n) is 18.4. The maximum Gasteiger partial charge on any atom is 0.416 e. The first-order chi connectivity index (χ1) is 16.5. The van der Waals surface area contributed by atoms with Gasteiger partial charge >= 0.3 is 12.4 Å². The third-order valence-electron chi connectivity index (χ3n) is 4.87. The summed E-state index contributed by atoms with van der Waals surface area (Å²) in [6.07, 6.45) is -8.27. The van der Waals surface area contributed by atoms with E-state index in [0.717, 1.165) is 17.4 Å². The summed E-state index contributed by atoms with van der Waals surface area (Å²) >= 11 is 3.29. The molecule has 0 fully saturated rings. The minimum absolute atomic E-state index is 0.00585. The number of halogens is 7. The number of carbonyl (C=O) groups excluding carboxylic acids is 1. The van der Waals surface area contributed by atoms with Crippen molar-refractivity contribution in [1.82, 2.24) is 14.9 Å². The van der Waals surface area contributed by atoms with Crippen LogP contribution in [0.5, 0.6) is 0 Å². The van der Waals surface area contributed by atoms with Crippen molar-refractivity contribution in [3.8, 4) is 11.3 Å². The molecule has 0 unspecified atom stereocenters. The fourth-order valence-electron chi connectivity index (χ4n) is 3.22. The molecule has 6 nitrogen and oxygen atoms in total.